The quantitative estimate of drug-likeness (QED) is 0.311. The Labute approximate surface area is 184 Å². The molecule has 0 saturated heterocycles. The van der Waals surface area contributed by atoms with E-state index in [1.807, 2.05) is 49.4 Å². The molecule has 0 fully saturated rings. The van der Waals surface area contributed by atoms with Crippen LogP contribution in [0.25, 0.3) is 0 Å². The first kappa shape index (κ1) is 21.5. The van der Waals surface area contributed by atoms with Crippen LogP contribution in [0.2, 0.25) is 0 Å². The van der Waals surface area contributed by atoms with Gasteiger partial charge in [-0.25, -0.2) is 4.99 Å². The third-order valence-corrected chi connectivity index (χ3v) is 4.64. The molecule has 0 bridgehead atoms. The van der Waals surface area contributed by atoms with Gasteiger partial charge in [0.1, 0.15) is 12.3 Å². The van der Waals surface area contributed by atoms with E-state index in [1.165, 1.54) is 0 Å². The van der Waals surface area contributed by atoms with E-state index in [2.05, 4.69) is 31.6 Å². The van der Waals surface area contributed by atoms with Crippen LogP contribution in [0.5, 0.6) is 5.75 Å². The first-order chi connectivity index (χ1) is 12.5. The smallest absolute Gasteiger partial charge is 0.246 e. The van der Waals surface area contributed by atoms with Crippen molar-refractivity contribution in [3.8, 4) is 5.75 Å². The van der Waals surface area contributed by atoms with Gasteiger partial charge in [-0.05, 0) is 30.7 Å². The highest BCUT2D eigenvalue weighted by Crippen LogP contribution is 2.31. The summed E-state index contributed by atoms with van der Waals surface area (Å²) >= 11 is 3.40. The lowest BCUT2D eigenvalue weighted by atomic mass is 10.0. The minimum absolute atomic E-state index is 0. The third kappa shape index (κ3) is 5.83. The lowest BCUT2D eigenvalue weighted by Gasteiger charge is -2.26. The van der Waals surface area contributed by atoms with Gasteiger partial charge in [0.15, 0.2) is 5.96 Å². The molecule has 0 radical (unpaired) electrons. The average Bonchev–Trinajstić information content (AvgIpc) is 2.63. The molecular formula is C19H22BrIN4O2. The van der Waals surface area contributed by atoms with Crippen molar-refractivity contribution in [2.24, 2.45) is 10.7 Å². The zero-order chi connectivity index (χ0) is 18.5. The highest BCUT2D eigenvalue weighted by atomic mass is 127. The fourth-order valence-corrected chi connectivity index (χ4v) is 3.15. The Balaban J connectivity index is 0.00000261. The van der Waals surface area contributed by atoms with Crippen LogP contribution < -0.4 is 21.1 Å². The summed E-state index contributed by atoms with van der Waals surface area (Å²) in [6.45, 7) is 2.50. The molecule has 0 aliphatic carbocycles. The van der Waals surface area contributed by atoms with Gasteiger partial charge in [0.2, 0.25) is 5.91 Å². The van der Waals surface area contributed by atoms with Crippen molar-refractivity contribution in [2.45, 2.75) is 19.4 Å². The molecule has 1 unspecified atom stereocenters. The molecule has 8 heteroatoms. The standard InChI is InChI=1S/C19H21BrN4O2.HI/c1-12-6-7-13(20)10-16(12)23-18(25)11-22-19(21)24-15-8-9-26-17-5-3-2-4-14(15)17;/h2-7,10,15H,8-9,11H2,1H3,(H,23,25)(H3,21,22,24);1H. The number of ether oxygens (including phenoxy) is 1. The molecule has 0 aromatic heterocycles. The van der Waals surface area contributed by atoms with Gasteiger partial charge in [0.25, 0.3) is 0 Å². The monoisotopic (exact) mass is 544 g/mol. The fraction of sp³-hybridized carbons (Fsp3) is 0.263. The number of nitrogens with zero attached hydrogens (tertiary/aromatic N) is 1. The van der Waals surface area contributed by atoms with E-state index < -0.39 is 0 Å². The molecule has 27 heavy (non-hydrogen) atoms. The van der Waals surface area contributed by atoms with Crippen LogP contribution in [-0.4, -0.2) is 25.0 Å². The molecule has 0 saturated carbocycles. The number of aliphatic imine (C=N–C) groups is 1. The lowest BCUT2D eigenvalue weighted by Crippen LogP contribution is -2.38. The van der Waals surface area contributed by atoms with Crippen molar-refractivity contribution in [3.63, 3.8) is 0 Å². The topological polar surface area (TPSA) is 88.7 Å². The van der Waals surface area contributed by atoms with Crippen molar-refractivity contribution in [2.75, 3.05) is 18.5 Å². The molecule has 1 heterocycles. The highest BCUT2D eigenvalue weighted by molar-refractivity contribution is 14.0. The molecule has 1 aliphatic rings. The van der Waals surface area contributed by atoms with Gasteiger partial charge in [-0.2, -0.15) is 0 Å². The number of guanidine groups is 1. The Hall–Kier alpha value is -1.81. The van der Waals surface area contributed by atoms with Crippen molar-refractivity contribution in [1.29, 1.82) is 0 Å². The van der Waals surface area contributed by atoms with Gasteiger partial charge < -0.3 is 21.1 Å². The number of nitrogens with two attached hydrogens (primary N) is 1. The Morgan fingerprint density at radius 2 is 2.11 bits per heavy atom. The SMILES string of the molecule is Cc1ccc(Br)cc1NC(=O)CN=C(N)NC1CCOc2ccccc21.I. The molecular weight excluding hydrogens is 523 g/mol. The average molecular weight is 545 g/mol. The lowest BCUT2D eigenvalue weighted by molar-refractivity contribution is -0.114. The summed E-state index contributed by atoms with van der Waals surface area (Å²) in [6, 6.07) is 13.6. The summed E-state index contributed by atoms with van der Waals surface area (Å²) in [5, 5.41) is 6.02. The first-order valence-electron chi connectivity index (χ1n) is 8.37. The van der Waals surface area contributed by atoms with E-state index >= 15 is 0 Å². The predicted octanol–water partition coefficient (Wildman–Crippen LogP) is 3.74. The number of carbonyl (C=O) groups excluding carboxylic acids is 1. The van der Waals surface area contributed by atoms with E-state index in [0.717, 1.165) is 33.5 Å². The first-order valence-corrected chi connectivity index (χ1v) is 9.16. The van der Waals surface area contributed by atoms with Crippen LogP contribution in [0.1, 0.15) is 23.6 Å². The second-order valence-corrected chi connectivity index (χ2v) is 7.00. The number of halogens is 2. The van der Waals surface area contributed by atoms with Gasteiger partial charge >= 0.3 is 0 Å². The number of amides is 1. The summed E-state index contributed by atoms with van der Waals surface area (Å²) in [5.41, 5.74) is 8.75. The number of fused-ring (bicyclic) bond motifs is 1. The van der Waals surface area contributed by atoms with Crippen LogP contribution in [0.3, 0.4) is 0 Å². The molecule has 0 spiro atoms. The Morgan fingerprint density at radius 1 is 1.33 bits per heavy atom. The van der Waals surface area contributed by atoms with E-state index in [9.17, 15) is 4.79 Å². The van der Waals surface area contributed by atoms with Crippen LogP contribution in [-0.2, 0) is 4.79 Å². The number of hydrogen-bond acceptors (Lipinski definition) is 3. The van der Waals surface area contributed by atoms with Crippen molar-refractivity contribution >= 4 is 57.5 Å². The molecule has 144 valence electrons. The number of nitrogens with one attached hydrogen (secondary N) is 2. The summed E-state index contributed by atoms with van der Waals surface area (Å²) < 4.78 is 6.54. The number of aryl methyl sites for hydroxylation is 1. The third-order valence-electron chi connectivity index (χ3n) is 4.15. The number of para-hydroxylation sites is 1. The van der Waals surface area contributed by atoms with Crippen LogP contribution in [0.15, 0.2) is 51.9 Å². The zero-order valence-corrected chi connectivity index (χ0v) is 18.8. The van der Waals surface area contributed by atoms with Gasteiger partial charge in [-0.15, -0.1) is 24.0 Å². The zero-order valence-electron chi connectivity index (χ0n) is 14.9. The number of benzene rings is 2. The Bertz CT molecular complexity index is 844. The van der Waals surface area contributed by atoms with Crippen molar-refractivity contribution in [1.82, 2.24) is 5.32 Å². The second-order valence-electron chi connectivity index (χ2n) is 6.08. The Kier molecular flexibility index (Phi) is 7.91. The molecule has 3 rings (SSSR count). The number of anilines is 1. The maximum absolute atomic E-state index is 12.1. The van der Waals surface area contributed by atoms with Gasteiger partial charge in [0, 0.05) is 22.1 Å². The largest absolute Gasteiger partial charge is 0.493 e. The Morgan fingerprint density at radius 3 is 2.93 bits per heavy atom. The number of carbonyl (C=O) groups is 1. The van der Waals surface area contributed by atoms with Crippen molar-refractivity contribution < 1.29 is 9.53 Å². The molecule has 2 aromatic rings. The maximum Gasteiger partial charge on any atom is 0.246 e. The van der Waals surface area contributed by atoms with Crippen LogP contribution in [0, 0.1) is 6.92 Å². The molecule has 1 amide bonds. The maximum atomic E-state index is 12.1. The van der Waals surface area contributed by atoms with E-state index in [1.54, 1.807) is 0 Å². The van der Waals surface area contributed by atoms with E-state index in [-0.39, 0.29) is 48.4 Å². The number of rotatable bonds is 4. The predicted molar refractivity (Wildman–Crippen MR) is 122 cm³/mol. The fourth-order valence-electron chi connectivity index (χ4n) is 2.79. The normalized spacial score (nSPS) is 15.8. The molecule has 1 atom stereocenters. The van der Waals surface area contributed by atoms with Crippen molar-refractivity contribution in [3.05, 3.63) is 58.1 Å². The summed E-state index contributed by atoms with van der Waals surface area (Å²) in [5.74, 6) is 0.878. The van der Waals surface area contributed by atoms with E-state index in [4.69, 9.17) is 10.5 Å². The molecule has 2 aromatic carbocycles. The van der Waals surface area contributed by atoms with Gasteiger partial charge in [-0.1, -0.05) is 40.2 Å². The van der Waals surface area contributed by atoms with E-state index in [0.29, 0.717) is 6.61 Å². The second kappa shape index (κ2) is 9.93. The minimum Gasteiger partial charge on any atom is -0.493 e. The van der Waals surface area contributed by atoms with Crippen LogP contribution >= 0.6 is 39.9 Å². The number of hydrogen-bond donors (Lipinski definition) is 3. The van der Waals surface area contributed by atoms with Gasteiger partial charge in [0.05, 0.1) is 12.6 Å². The highest BCUT2D eigenvalue weighted by Gasteiger charge is 2.21. The summed E-state index contributed by atoms with van der Waals surface area (Å²) in [4.78, 5) is 16.3. The van der Waals surface area contributed by atoms with Gasteiger partial charge in [-0.3, -0.25) is 4.79 Å². The molecule has 1 aliphatic heterocycles. The minimum atomic E-state index is -0.219. The summed E-state index contributed by atoms with van der Waals surface area (Å²) in [7, 11) is 0. The summed E-state index contributed by atoms with van der Waals surface area (Å²) in [6.07, 6.45) is 0.788. The molecule has 6 nitrogen and oxygen atoms in total. The molecule has 4 N–H and O–H groups in total. The van der Waals surface area contributed by atoms with Crippen LogP contribution in [0.4, 0.5) is 5.69 Å².